The Morgan fingerprint density at radius 1 is 1.27 bits per heavy atom. The Morgan fingerprint density at radius 3 is 2.77 bits per heavy atom. The molecule has 0 spiro atoms. The van der Waals surface area contributed by atoms with Crippen molar-refractivity contribution in [1.29, 1.82) is 0 Å². The maximum absolute atomic E-state index is 12.1. The highest BCUT2D eigenvalue weighted by Crippen LogP contribution is 2.23. The highest BCUT2D eigenvalue weighted by atomic mass is 19.4. The van der Waals surface area contributed by atoms with E-state index in [-0.39, 0.29) is 18.5 Å². The number of ether oxygens (including phenoxy) is 3. The van der Waals surface area contributed by atoms with Crippen molar-refractivity contribution in [3.05, 3.63) is 42.2 Å². The maximum Gasteiger partial charge on any atom is 0.573 e. The smallest absolute Gasteiger partial charge is 0.462 e. The molecular weight excluding hydrogens is 301 g/mol. The van der Waals surface area contributed by atoms with Gasteiger partial charge in [-0.1, -0.05) is 12.1 Å². The molecule has 0 amide bonds. The van der Waals surface area contributed by atoms with Gasteiger partial charge in [0.05, 0.1) is 13.2 Å². The lowest BCUT2D eigenvalue weighted by molar-refractivity contribution is -0.274. The van der Waals surface area contributed by atoms with Crippen LogP contribution < -0.4 is 9.47 Å². The number of rotatable bonds is 4. The van der Waals surface area contributed by atoms with Crippen LogP contribution in [-0.2, 0) is 17.9 Å². The molecule has 2 heterocycles. The highest BCUT2D eigenvalue weighted by molar-refractivity contribution is 5.27. The Balaban J connectivity index is 1.52. The first kappa shape index (κ1) is 14.7. The fourth-order valence-corrected chi connectivity index (χ4v) is 2.12. The minimum Gasteiger partial charge on any atom is -0.462 e. The first-order chi connectivity index (χ1) is 10.5. The van der Waals surface area contributed by atoms with Gasteiger partial charge in [-0.15, -0.1) is 13.2 Å². The van der Waals surface area contributed by atoms with E-state index in [9.17, 15) is 13.2 Å². The Kier molecular flexibility index (Phi) is 3.93. The first-order valence-electron chi connectivity index (χ1n) is 6.60. The molecule has 1 aromatic heterocycles. The molecule has 22 heavy (non-hydrogen) atoms. The number of aromatic nitrogens is 2. The summed E-state index contributed by atoms with van der Waals surface area (Å²) in [6, 6.07) is 6.16. The number of imidazole rings is 1. The lowest BCUT2D eigenvalue weighted by atomic mass is 10.2. The lowest BCUT2D eigenvalue weighted by Gasteiger charge is -2.24. The molecule has 1 aliphatic rings. The van der Waals surface area contributed by atoms with Gasteiger partial charge in [0, 0.05) is 12.4 Å². The van der Waals surface area contributed by atoms with E-state index in [1.807, 2.05) is 4.57 Å². The molecule has 0 fully saturated rings. The summed E-state index contributed by atoms with van der Waals surface area (Å²) in [5, 5.41) is 0. The second-order valence-electron chi connectivity index (χ2n) is 4.80. The molecule has 118 valence electrons. The van der Waals surface area contributed by atoms with E-state index in [2.05, 4.69) is 9.72 Å². The van der Waals surface area contributed by atoms with Gasteiger partial charge in [0.25, 0.3) is 6.01 Å². The van der Waals surface area contributed by atoms with Crippen molar-refractivity contribution in [1.82, 2.24) is 9.55 Å². The first-order valence-corrected chi connectivity index (χ1v) is 6.60. The van der Waals surface area contributed by atoms with E-state index in [0.29, 0.717) is 19.2 Å². The van der Waals surface area contributed by atoms with Gasteiger partial charge in [0.15, 0.2) is 0 Å². The minimum atomic E-state index is -4.68. The Hall–Kier alpha value is -2.22. The Labute approximate surface area is 124 Å². The summed E-state index contributed by atoms with van der Waals surface area (Å²) in [7, 11) is 0. The number of hydrogen-bond acceptors (Lipinski definition) is 4. The quantitative estimate of drug-likeness (QED) is 0.870. The summed E-state index contributed by atoms with van der Waals surface area (Å²) in [5.74, 6) is -0.250. The second-order valence-corrected chi connectivity index (χ2v) is 4.80. The number of halogens is 3. The van der Waals surface area contributed by atoms with Crippen LogP contribution in [0, 0.1) is 0 Å². The van der Waals surface area contributed by atoms with Crippen molar-refractivity contribution in [3.63, 3.8) is 0 Å². The van der Waals surface area contributed by atoms with Crippen LogP contribution in [0.25, 0.3) is 0 Å². The maximum atomic E-state index is 12.1. The van der Waals surface area contributed by atoms with Gasteiger partial charge < -0.3 is 14.2 Å². The zero-order valence-electron chi connectivity index (χ0n) is 11.4. The third-order valence-corrected chi connectivity index (χ3v) is 3.12. The van der Waals surface area contributed by atoms with Crippen LogP contribution in [0.5, 0.6) is 11.8 Å². The number of benzene rings is 1. The van der Waals surface area contributed by atoms with Gasteiger partial charge in [0.1, 0.15) is 18.5 Å². The van der Waals surface area contributed by atoms with Gasteiger partial charge in [-0.3, -0.25) is 4.57 Å². The molecule has 2 aromatic rings. The van der Waals surface area contributed by atoms with Gasteiger partial charge >= 0.3 is 6.36 Å². The molecule has 0 radical (unpaired) electrons. The SMILES string of the molecule is FC(F)(F)Oc1ccc(CO[C@@H]2COc3nccn3C2)cc1. The van der Waals surface area contributed by atoms with E-state index in [4.69, 9.17) is 9.47 Å². The van der Waals surface area contributed by atoms with Gasteiger partial charge in [-0.25, -0.2) is 4.98 Å². The zero-order valence-corrected chi connectivity index (χ0v) is 11.4. The van der Waals surface area contributed by atoms with Gasteiger partial charge in [-0.2, -0.15) is 0 Å². The van der Waals surface area contributed by atoms with E-state index >= 15 is 0 Å². The van der Waals surface area contributed by atoms with E-state index in [1.54, 1.807) is 12.4 Å². The third kappa shape index (κ3) is 3.70. The van der Waals surface area contributed by atoms with E-state index < -0.39 is 6.36 Å². The van der Waals surface area contributed by atoms with E-state index in [0.717, 1.165) is 5.56 Å². The fourth-order valence-electron chi connectivity index (χ4n) is 2.12. The number of alkyl halides is 3. The van der Waals surface area contributed by atoms with Crippen molar-refractivity contribution in [3.8, 4) is 11.8 Å². The lowest BCUT2D eigenvalue weighted by Crippen LogP contribution is -2.32. The normalized spacial score (nSPS) is 17.7. The van der Waals surface area contributed by atoms with Crippen LogP contribution in [0.4, 0.5) is 13.2 Å². The molecule has 8 heteroatoms. The molecule has 1 aromatic carbocycles. The monoisotopic (exact) mass is 314 g/mol. The van der Waals surface area contributed by atoms with E-state index in [1.165, 1.54) is 24.3 Å². The molecule has 3 rings (SSSR count). The zero-order chi connectivity index (χ0) is 15.6. The van der Waals surface area contributed by atoms with Crippen LogP contribution in [0.2, 0.25) is 0 Å². The molecule has 0 saturated heterocycles. The average Bonchev–Trinajstić information content (AvgIpc) is 2.92. The highest BCUT2D eigenvalue weighted by Gasteiger charge is 2.31. The van der Waals surface area contributed by atoms with Gasteiger partial charge in [-0.05, 0) is 17.7 Å². The second kappa shape index (κ2) is 5.88. The minimum absolute atomic E-state index is 0.132. The summed E-state index contributed by atoms with van der Waals surface area (Å²) in [4.78, 5) is 4.03. The predicted octanol–water partition coefficient (Wildman–Crippen LogP) is 2.76. The van der Waals surface area contributed by atoms with Crippen molar-refractivity contribution in [2.75, 3.05) is 6.61 Å². The van der Waals surface area contributed by atoms with Crippen molar-refractivity contribution < 1.29 is 27.4 Å². The fraction of sp³-hybridized carbons (Fsp3) is 0.357. The average molecular weight is 314 g/mol. The summed E-state index contributed by atoms with van der Waals surface area (Å²) in [6.45, 7) is 1.31. The van der Waals surface area contributed by atoms with Crippen LogP contribution in [-0.4, -0.2) is 28.6 Å². The van der Waals surface area contributed by atoms with Crippen molar-refractivity contribution >= 4 is 0 Å². The van der Waals surface area contributed by atoms with Crippen LogP contribution in [0.1, 0.15) is 5.56 Å². The molecule has 1 aliphatic heterocycles. The van der Waals surface area contributed by atoms with Crippen LogP contribution in [0.15, 0.2) is 36.7 Å². The van der Waals surface area contributed by atoms with Gasteiger partial charge in [0.2, 0.25) is 0 Å². The molecule has 0 bridgehead atoms. The molecule has 0 N–H and O–H groups in total. The Bertz CT molecular complexity index is 625. The summed E-state index contributed by atoms with van der Waals surface area (Å²) >= 11 is 0. The molecular formula is C14H13F3N2O3. The van der Waals surface area contributed by atoms with Crippen molar-refractivity contribution in [2.24, 2.45) is 0 Å². The molecule has 1 atom stereocenters. The molecule has 0 unspecified atom stereocenters. The topological polar surface area (TPSA) is 45.5 Å². The third-order valence-electron chi connectivity index (χ3n) is 3.12. The summed E-state index contributed by atoms with van der Waals surface area (Å²) in [5.41, 5.74) is 0.756. The van der Waals surface area contributed by atoms with Crippen LogP contribution in [0.3, 0.4) is 0 Å². The standard InChI is InChI=1S/C14H13F3N2O3/c15-14(16,17)22-11-3-1-10(2-4-11)8-20-12-7-19-6-5-18-13(19)21-9-12/h1-6,12H,7-9H2/t12-/m0/s1. The van der Waals surface area contributed by atoms with Crippen molar-refractivity contribution in [2.45, 2.75) is 25.6 Å². The molecule has 0 aliphatic carbocycles. The summed E-state index contributed by atoms with van der Waals surface area (Å²) < 4.78 is 52.9. The molecule has 5 nitrogen and oxygen atoms in total. The predicted molar refractivity (Wildman–Crippen MR) is 69.4 cm³/mol. The Morgan fingerprint density at radius 2 is 2.05 bits per heavy atom. The number of fused-ring (bicyclic) bond motifs is 1. The molecule has 0 saturated carbocycles. The van der Waals surface area contributed by atoms with Crippen LogP contribution >= 0.6 is 0 Å². The summed E-state index contributed by atoms with van der Waals surface area (Å²) in [6.07, 6.45) is -1.36. The largest absolute Gasteiger partial charge is 0.573 e. The number of hydrogen-bond donors (Lipinski definition) is 0. The number of nitrogens with zero attached hydrogens (tertiary/aromatic N) is 2.